The van der Waals surface area contributed by atoms with Crippen molar-refractivity contribution >= 4 is 0 Å². The second-order valence-electron chi connectivity index (χ2n) is 7.92. The van der Waals surface area contributed by atoms with Crippen LogP contribution in [-0.2, 0) is 4.74 Å². The molecule has 1 aliphatic rings. The Morgan fingerprint density at radius 3 is 2.52 bits per heavy atom. The van der Waals surface area contributed by atoms with E-state index in [1.807, 2.05) is 0 Å². The molecule has 0 amide bonds. The van der Waals surface area contributed by atoms with Crippen LogP contribution in [0.15, 0.2) is 47.3 Å². The van der Waals surface area contributed by atoms with Crippen molar-refractivity contribution in [2.24, 2.45) is 11.1 Å². The van der Waals surface area contributed by atoms with Gasteiger partial charge in [0.15, 0.2) is 0 Å². The molecule has 1 rings (SSSR count). The first-order chi connectivity index (χ1) is 11.7. The molecule has 0 saturated heterocycles. The van der Waals surface area contributed by atoms with Crippen molar-refractivity contribution in [1.29, 1.82) is 0 Å². The summed E-state index contributed by atoms with van der Waals surface area (Å²) in [7, 11) is 1.72. The van der Waals surface area contributed by atoms with Gasteiger partial charge in [0.1, 0.15) is 0 Å². The van der Waals surface area contributed by atoms with Gasteiger partial charge in [-0.25, -0.2) is 0 Å². The summed E-state index contributed by atoms with van der Waals surface area (Å²) in [5.41, 5.74) is 12.5. The third kappa shape index (κ3) is 5.86. The zero-order chi connectivity index (χ0) is 19.2. The van der Waals surface area contributed by atoms with E-state index in [2.05, 4.69) is 58.8 Å². The maximum Gasteiger partial charge on any atom is 0.0857 e. The maximum absolute atomic E-state index is 6.23. The van der Waals surface area contributed by atoms with Crippen molar-refractivity contribution in [3.05, 3.63) is 47.3 Å². The van der Waals surface area contributed by atoms with Crippen LogP contribution < -0.4 is 5.73 Å². The Kier molecular flexibility index (Phi) is 8.17. The molecule has 142 valence electrons. The van der Waals surface area contributed by atoms with Gasteiger partial charge in [-0.3, -0.25) is 0 Å². The molecule has 0 bridgehead atoms. The zero-order valence-corrected chi connectivity index (χ0v) is 17.2. The van der Waals surface area contributed by atoms with Crippen molar-refractivity contribution in [2.75, 3.05) is 20.3 Å². The normalized spacial score (nSPS) is 19.6. The molecule has 1 heterocycles. The van der Waals surface area contributed by atoms with Gasteiger partial charge in [-0.2, -0.15) is 0 Å². The van der Waals surface area contributed by atoms with E-state index in [1.165, 1.54) is 16.8 Å². The number of nitrogens with zero attached hydrogens (tertiary/aromatic N) is 1. The molecule has 3 nitrogen and oxygen atoms in total. The second kappa shape index (κ2) is 9.40. The van der Waals surface area contributed by atoms with E-state index in [0.29, 0.717) is 6.61 Å². The number of methoxy groups -OCH3 is 1. The molecule has 0 aromatic rings. The summed E-state index contributed by atoms with van der Waals surface area (Å²) in [5.74, 6) is 0. The Labute approximate surface area is 155 Å². The monoisotopic (exact) mass is 346 g/mol. The van der Waals surface area contributed by atoms with E-state index in [0.717, 1.165) is 43.5 Å². The quantitative estimate of drug-likeness (QED) is 0.616. The Hall–Kier alpha value is -1.32. The summed E-state index contributed by atoms with van der Waals surface area (Å²) in [6.45, 7) is 21.2. The standard InChI is InChI=1S/C22H38N2O/c1-9-19(17(4)21(23)10-2)13-20-14-22(6,7)11-12-24(18(20)5)16(3)15-25-8/h13,21H,3-4,9-12,14-15,23H2,1-2,5-8H3/b19-13-. The van der Waals surface area contributed by atoms with Crippen molar-refractivity contribution < 1.29 is 4.74 Å². The van der Waals surface area contributed by atoms with E-state index in [1.54, 1.807) is 7.11 Å². The van der Waals surface area contributed by atoms with Crippen molar-refractivity contribution in [3.63, 3.8) is 0 Å². The highest BCUT2D eigenvalue weighted by atomic mass is 16.5. The lowest BCUT2D eigenvalue weighted by Gasteiger charge is -2.28. The molecule has 2 N–H and O–H groups in total. The number of hydrogen-bond acceptors (Lipinski definition) is 3. The Bertz CT molecular complexity index is 554. The minimum absolute atomic E-state index is 0.0328. The molecule has 1 unspecified atom stereocenters. The van der Waals surface area contributed by atoms with E-state index in [-0.39, 0.29) is 11.5 Å². The summed E-state index contributed by atoms with van der Waals surface area (Å²) in [5, 5.41) is 0. The van der Waals surface area contributed by atoms with Crippen LogP contribution in [0.2, 0.25) is 0 Å². The predicted molar refractivity (Wildman–Crippen MR) is 109 cm³/mol. The second-order valence-corrected chi connectivity index (χ2v) is 7.92. The van der Waals surface area contributed by atoms with Crippen molar-refractivity contribution in [3.8, 4) is 0 Å². The summed E-state index contributed by atoms with van der Waals surface area (Å²) in [6.07, 6.45) is 6.36. The molecule has 0 spiro atoms. The molecule has 0 radical (unpaired) electrons. The highest BCUT2D eigenvalue weighted by Gasteiger charge is 2.27. The molecule has 25 heavy (non-hydrogen) atoms. The van der Waals surface area contributed by atoms with Gasteiger partial charge in [0.05, 0.1) is 6.61 Å². The number of hydrogen-bond donors (Lipinski definition) is 1. The van der Waals surface area contributed by atoms with Crippen LogP contribution in [-0.4, -0.2) is 31.2 Å². The minimum Gasteiger partial charge on any atom is -0.379 e. The SMILES string of the molecule is C=C(/C(=C\C1=C(C)N(C(=C)COC)CCC(C)(C)C1)CC)C(N)CC. The summed E-state index contributed by atoms with van der Waals surface area (Å²) >= 11 is 0. The van der Waals surface area contributed by atoms with Gasteiger partial charge in [-0.05, 0) is 54.7 Å². The van der Waals surface area contributed by atoms with Crippen molar-refractivity contribution in [1.82, 2.24) is 4.90 Å². The van der Waals surface area contributed by atoms with Crippen LogP contribution in [0.3, 0.4) is 0 Å². The highest BCUT2D eigenvalue weighted by Crippen LogP contribution is 2.37. The van der Waals surface area contributed by atoms with Crippen LogP contribution in [0.5, 0.6) is 0 Å². The average molecular weight is 347 g/mol. The molecule has 0 saturated carbocycles. The predicted octanol–water partition coefficient (Wildman–Crippen LogP) is 5.17. The molecular weight excluding hydrogens is 308 g/mol. The molecule has 1 aliphatic heterocycles. The molecule has 3 heteroatoms. The fraction of sp³-hybridized carbons (Fsp3) is 0.636. The summed E-state index contributed by atoms with van der Waals surface area (Å²) in [4.78, 5) is 2.32. The average Bonchev–Trinajstić information content (AvgIpc) is 2.67. The van der Waals surface area contributed by atoms with Crippen molar-refractivity contribution in [2.45, 2.75) is 66.3 Å². The van der Waals surface area contributed by atoms with E-state index >= 15 is 0 Å². The van der Waals surface area contributed by atoms with Crippen LogP contribution in [0.1, 0.15) is 60.3 Å². The largest absolute Gasteiger partial charge is 0.379 e. The first-order valence-corrected chi connectivity index (χ1v) is 9.46. The Balaban J connectivity index is 3.31. The zero-order valence-electron chi connectivity index (χ0n) is 17.2. The number of allylic oxidation sites excluding steroid dienone is 3. The summed E-state index contributed by atoms with van der Waals surface area (Å²) < 4.78 is 5.31. The molecule has 0 aliphatic carbocycles. The van der Waals surface area contributed by atoms with Gasteiger partial charge < -0.3 is 15.4 Å². The van der Waals surface area contributed by atoms with Crippen LogP contribution in [0, 0.1) is 5.41 Å². The lowest BCUT2D eigenvalue weighted by molar-refractivity contribution is 0.195. The third-order valence-electron chi connectivity index (χ3n) is 5.27. The minimum atomic E-state index is 0.0328. The molecule has 0 fully saturated rings. The number of nitrogens with two attached hydrogens (primary N) is 1. The van der Waals surface area contributed by atoms with Gasteiger partial charge in [0, 0.05) is 31.1 Å². The lowest BCUT2D eigenvalue weighted by Crippen LogP contribution is -2.25. The fourth-order valence-electron chi connectivity index (χ4n) is 3.40. The first-order valence-electron chi connectivity index (χ1n) is 9.46. The number of rotatable bonds is 8. The van der Waals surface area contributed by atoms with E-state index < -0.39 is 0 Å². The van der Waals surface area contributed by atoms with E-state index in [4.69, 9.17) is 10.5 Å². The van der Waals surface area contributed by atoms with Gasteiger partial charge in [-0.15, -0.1) is 0 Å². The van der Waals surface area contributed by atoms with Crippen LogP contribution >= 0.6 is 0 Å². The molecule has 0 aromatic carbocycles. The van der Waals surface area contributed by atoms with Gasteiger partial charge in [-0.1, -0.05) is 46.9 Å². The summed E-state index contributed by atoms with van der Waals surface area (Å²) in [6, 6.07) is 0.0328. The van der Waals surface area contributed by atoms with E-state index in [9.17, 15) is 0 Å². The smallest absolute Gasteiger partial charge is 0.0857 e. The Morgan fingerprint density at radius 1 is 1.36 bits per heavy atom. The molecule has 1 atom stereocenters. The molecular formula is C22H38N2O. The van der Waals surface area contributed by atoms with Crippen LogP contribution in [0.25, 0.3) is 0 Å². The van der Waals surface area contributed by atoms with Gasteiger partial charge in [0.25, 0.3) is 0 Å². The Morgan fingerprint density at radius 2 is 2.00 bits per heavy atom. The topological polar surface area (TPSA) is 38.5 Å². The third-order valence-corrected chi connectivity index (χ3v) is 5.27. The van der Waals surface area contributed by atoms with Crippen LogP contribution in [0.4, 0.5) is 0 Å². The lowest BCUT2D eigenvalue weighted by atomic mass is 9.82. The number of ether oxygens (including phenoxy) is 1. The first kappa shape index (κ1) is 21.7. The molecule has 0 aromatic heterocycles. The van der Waals surface area contributed by atoms with Gasteiger partial charge >= 0.3 is 0 Å². The van der Waals surface area contributed by atoms with Gasteiger partial charge in [0.2, 0.25) is 0 Å². The fourth-order valence-corrected chi connectivity index (χ4v) is 3.40. The maximum atomic E-state index is 6.23. The highest BCUT2D eigenvalue weighted by molar-refractivity contribution is 5.40.